The molecule has 3 aromatic heterocycles. The summed E-state index contributed by atoms with van der Waals surface area (Å²) in [5.41, 5.74) is 4.82. The summed E-state index contributed by atoms with van der Waals surface area (Å²) in [6, 6.07) is 12.7. The zero-order valence-electron chi connectivity index (χ0n) is 42.0. The molecule has 420 valence electrons. The van der Waals surface area contributed by atoms with E-state index >= 15 is 0 Å². The van der Waals surface area contributed by atoms with Gasteiger partial charge >= 0.3 is 24.7 Å². The molecular formula is C48H46ClF12N11O5S. The Morgan fingerprint density at radius 2 is 1.13 bits per heavy atom. The van der Waals surface area contributed by atoms with Crippen LogP contribution in [0, 0.1) is 20.2 Å². The number of nitro benzene ring substituents is 2. The molecule has 0 aliphatic heterocycles. The Hall–Kier alpha value is -7.95. The van der Waals surface area contributed by atoms with E-state index in [-0.39, 0.29) is 29.5 Å². The predicted molar refractivity (Wildman–Crippen MR) is 273 cm³/mol. The van der Waals surface area contributed by atoms with E-state index in [1.54, 1.807) is 62.8 Å². The Morgan fingerprint density at radius 3 is 1.62 bits per heavy atom. The molecule has 30 heteroatoms. The second kappa shape index (κ2) is 25.0. The number of pyridine rings is 1. The zero-order chi connectivity index (χ0) is 59.0. The van der Waals surface area contributed by atoms with E-state index < -0.39 is 67.5 Å². The number of alkyl halides is 12. The van der Waals surface area contributed by atoms with Gasteiger partial charge in [-0.25, -0.2) is 9.97 Å². The van der Waals surface area contributed by atoms with Gasteiger partial charge in [0.2, 0.25) is 0 Å². The van der Waals surface area contributed by atoms with E-state index in [1.807, 2.05) is 18.5 Å². The van der Waals surface area contributed by atoms with Crippen LogP contribution in [0.3, 0.4) is 0 Å². The number of carbonyl (C=O) groups is 1. The molecule has 0 fully saturated rings. The molecular weight excluding hydrogens is 1110 g/mol. The first kappa shape index (κ1) is 62.6. The number of nitro groups is 2. The molecule has 7 rings (SSSR count). The van der Waals surface area contributed by atoms with Gasteiger partial charge in [0.1, 0.15) is 21.9 Å². The lowest BCUT2D eigenvalue weighted by Gasteiger charge is -2.19. The molecule has 0 aliphatic rings. The highest BCUT2D eigenvalue weighted by Crippen LogP contribution is 2.40. The van der Waals surface area contributed by atoms with E-state index in [9.17, 15) is 77.7 Å². The summed E-state index contributed by atoms with van der Waals surface area (Å²) in [7, 11) is 11.4. The second-order valence-electron chi connectivity index (χ2n) is 17.2. The van der Waals surface area contributed by atoms with E-state index in [4.69, 9.17) is 17.3 Å². The molecule has 78 heavy (non-hydrogen) atoms. The molecule has 1 atom stereocenters. The summed E-state index contributed by atoms with van der Waals surface area (Å²) in [6.45, 7) is 1.93. The first-order valence-corrected chi connectivity index (χ1v) is 23.2. The van der Waals surface area contributed by atoms with E-state index in [0.29, 0.717) is 51.8 Å². The third-order valence-corrected chi connectivity index (χ3v) is 12.2. The summed E-state index contributed by atoms with van der Waals surface area (Å²) < 4.78 is 151. The van der Waals surface area contributed by atoms with Gasteiger partial charge in [0, 0.05) is 79.0 Å². The van der Waals surface area contributed by atoms with Crippen molar-refractivity contribution in [2.24, 2.45) is 7.05 Å². The molecule has 3 N–H and O–H groups in total. The number of nitrogen functional groups attached to an aromatic ring is 1. The quantitative estimate of drug-likeness (QED) is 0.0409. The minimum Gasteiger partial charge on any atom is -0.397 e. The van der Waals surface area contributed by atoms with Crippen LogP contribution in [0.2, 0.25) is 5.02 Å². The normalized spacial score (nSPS) is 12.0. The minimum absolute atomic E-state index is 0.0696. The van der Waals surface area contributed by atoms with Gasteiger partial charge in [-0.1, -0.05) is 18.5 Å². The average Bonchev–Trinajstić information content (AvgIpc) is 3.97. The first-order chi connectivity index (χ1) is 35.9. The number of carbonyl (C=O) groups excluding carboxylic acids is 1. The Bertz CT molecular complexity index is 3250. The lowest BCUT2D eigenvalue weighted by Crippen LogP contribution is -2.13. The first-order valence-electron chi connectivity index (χ1n) is 22.0. The average molecular weight is 1150 g/mol. The van der Waals surface area contributed by atoms with Crippen LogP contribution in [-0.2, 0) is 31.8 Å². The maximum Gasteiger partial charge on any atom is 0.416 e. The molecule has 0 radical (unpaired) electrons. The van der Waals surface area contributed by atoms with Crippen molar-refractivity contribution in [1.29, 1.82) is 0 Å². The zero-order valence-corrected chi connectivity index (χ0v) is 43.6. The molecule has 16 nitrogen and oxygen atoms in total. The van der Waals surface area contributed by atoms with Crippen molar-refractivity contribution < 1.29 is 67.3 Å². The number of hydrogen-bond donors (Lipinski definition) is 2. The summed E-state index contributed by atoms with van der Waals surface area (Å²) >= 11 is 6.65. The number of rotatable bonds is 11. The second-order valence-corrected chi connectivity index (χ2v) is 18.7. The Morgan fingerprint density at radius 1 is 0.667 bits per heavy atom. The number of fused-ring (bicyclic) bond motifs is 1. The van der Waals surface area contributed by atoms with Crippen molar-refractivity contribution >= 4 is 84.7 Å². The molecule has 0 aliphatic carbocycles. The topological polar surface area (TPSA) is 195 Å². The fourth-order valence-corrected chi connectivity index (χ4v) is 7.82. The van der Waals surface area contributed by atoms with Gasteiger partial charge in [0.15, 0.2) is 10.9 Å². The number of anilines is 6. The molecule has 0 bridgehead atoms. The lowest BCUT2D eigenvalue weighted by molar-refractivity contribution is -0.384. The Kier molecular flexibility index (Phi) is 20.1. The highest BCUT2D eigenvalue weighted by atomic mass is 35.5. The third-order valence-electron chi connectivity index (χ3n) is 10.7. The minimum atomic E-state index is -4.54. The van der Waals surface area contributed by atoms with E-state index in [2.05, 4.69) is 20.3 Å². The van der Waals surface area contributed by atoms with Gasteiger partial charge in [-0.15, -0.1) is 11.3 Å². The monoisotopic (exact) mass is 1150 g/mol. The fourth-order valence-electron chi connectivity index (χ4n) is 6.69. The van der Waals surface area contributed by atoms with Crippen molar-refractivity contribution in [2.75, 3.05) is 68.0 Å². The third kappa shape index (κ3) is 16.8. The maximum absolute atomic E-state index is 13.1. The predicted octanol–water partition coefficient (Wildman–Crippen LogP) is 13.9. The smallest absolute Gasteiger partial charge is 0.397 e. The summed E-state index contributed by atoms with van der Waals surface area (Å²) in [5, 5.41) is 23.9. The van der Waals surface area contributed by atoms with Gasteiger partial charge in [-0.05, 0) is 72.6 Å². The van der Waals surface area contributed by atoms with Crippen LogP contribution in [0.1, 0.15) is 56.9 Å². The Balaban J connectivity index is 0.000000249. The van der Waals surface area contributed by atoms with Crippen LogP contribution in [0.5, 0.6) is 0 Å². The van der Waals surface area contributed by atoms with Crippen LogP contribution in [0.4, 0.5) is 97.6 Å². The number of imidazole rings is 1. The highest BCUT2D eigenvalue weighted by Gasteiger charge is 2.35. The van der Waals surface area contributed by atoms with Crippen molar-refractivity contribution in [2.45, 2.75) is 44.0 Å². The summed E-state index contributed by atoms with van der Waals surface area (Å²) in [6.07, 6.45) is -12.6. The van der Waals surface area contributed by atoms with Crippen molar-refractivity contribution in [1.82, 2.24) is 19.5 Å². The lowest BCUT2D eigenvalue weighted by atomic mass is 10.0. The van der Waals surface area contributed by atoms with Crippen LogP contribution >= 0.6 is 22.9 Å². The number of Topliss-reactive ketones (excluding diaryl/α,β-unsaturated/α-hetero) is 1. The van der Waals surface area contributed by atoms with Crippen LogP contribution in [0.25, 0.3) is 11.0 Å². The molecule has 3 heterocycles. The number of aryl methyl sites for hydroxylation is 1. The Labute approximate surface area is 445 Å². The fraction of sp³-hybridized carbons (Fsp3) is 0.292. The summed E-state index contributed by atoms with van der Waals surface area (Å²) in [5.74, 6) is -0.193. The molecule has 1 unspecified atom stereocenters. The van der Waals surface area contributed by atoms with Gasteiger partial charge in [-0.2, -0.15) is 52.7 Å². The number of thiazole rings is 1. The van der Waals surface area contributed by atoms with Crippen molar-refractivity contribution in [3.63, 3.8) is 0 Å². The van der Waals surface area contributed by atoms with E-state index in [1.165, 1.54) is 42.5 Å². The number of nitrogens with zero attached hydrogens (tertiary/aromatic N) is 9. The molecule has 0 saturated carbocycles. The SMILES string of the molecule is CC(CC(=O)c1cc2c(cn1)ncn2C)c1cnc(Nc2ccc(C(F)(F)F)cc2N(C)C)s1.CN(C)c1cc(C(F)(F)F)ccc1N.CN(C)c1cc(C(F)(F)F)ccc1[N+](=O)[O-].O=[N+]([O-])c1ccc(C(F)(F)F)cc1Cl. The molecule has 0 amide bonds. The number of ketones is 1. The molecule has 0 saturated heterocycles. The standard InChI is InChI=1S/C23H23F3N6OS.C9H9F3N2O2.C9H11F3N2.C7H3ClF3NO2/c1-13(7-20(33)16-9-19-17(10-27-16)29-12-32(19)4)21-11-28-22(34-21)30-15-6-5-14(23(24,25)26)8-18(15)31(2)3;1-13(2)8-5-6(9(10,11)12)3-4-7(8)14(15)16;1-14(2)8-5-6(9(10,11)12)3-4-7(8)13;8-5-3-4(7(9,10)11)1-2-6(5)12(13)14/h5-6,8-13H,7H2,1-4H3,(H,28,30);3-5H,1-2H3;3-5H,13H2,1-2H3;1-3H. The van der Waals surface area contributed by atoms with Crippen LogP contribution < -0.4 is 25.8 Å². The largest absolute Gasteiger partial charge is 0.416 e. The number of nitrogens with two attached hydrogens (primary N) is 1. The number of aromatic nitrogens is 4. The van der Waals surface area contributed by atoms with Crippen LogP contribution in [0.15, 0.2) is 97.6 Å². The molecule has 7 aromatic rings. The number of halogens is 13. The number of hydrogen-bond acceptors (Lipinski definition) is 14. The number of benzene rings is 4. The van der Waals surface area contributed by atoms with E-state index in [0.717, 1.165) is 58.4 Å². The highest BCUT2D eigenvalue weighted by molar-refractivity contribution is 7.15. The number of nitrogens with one attached hydrogen (secondary N) is 1. The molecule has 4 aromatic carbocycles. The molecule has 0 spiro atoms. The van der Waals surface area contributed by atoms with Crippen molar-refractivity contribution in [3.05, 3.63) is 156 Å². The van der Waals surface area contributed by atoms with Gasteiger partial charge in [0.25, 0.3) is 11.4 Å². The van der Waals surface area contributed by atoms with Crippen molar-refractivity contribution in [3.8, 4) is 0 Å². The van der Waals surface area contributed by atoms with Gasteiger partial charge in [0.05, 0.1) is 72.9 Å². The van der Waals surface area contributed by atoms with Gasteiger partial charge in [-0.3, -0.25) is 30.0 Å². The summed E-state index contributed by atoms with van der Waals surface area (Å²) in [4.78, 5) is 50.2. The van der Waals surface area contributed by atoms with Crippen LogP contribution in [-0.4, -0.2) is 77.4 Å². The maximum atomic E-state index is 13.1. The van der Waals surface area contributed by atoms with Gasteiger partial charge < -0.3 is 30.3 Å².